The highest BCUT2D eigenvalue weighted by Crippen LogP contribution is 2.29. The van der Waals surface area contributed by atoms with Gasteiger partial charge in [0.25, 0.3) is 0 Å². The molecule has 0 radical (unpaired) electrons. The Hall–Kier alpha value is -0.160. The van der Waals surface area contributed by atoms with Crippen molar-refractivity contribution in [2.75, 3.05) is 39.9 Å². The molecule has 2 rings (SSSR count). The minimum Gasteiger partial charge on any atom is -0.389 e. The zero-order valence-electron chi connectivity index (χ0n) is 10.9. The molecule has 0 aromatic heterocycles. The Labute approximate surface area is 104 Å². The quantitative estimate of drug-likeness (QED) is 0.681. The Morgan fingerprint density at radius 3 is 2.59 bits per heavy atom. The second-order valence-electron chi connectivity index (χ2n) is 5.49. The molecule has 4 nitrogen and oxygen atoms in total. The average molecular weight is 242 g/mol. The number of aliphatic hydroxyl groups excluding tert-OH is 1. The number of nitrogens with zero attached hydrogens (tertiary/aromatic N) is 1. The molecule has 1 atom stereocenters. The van der Waals surface area contributed by atoms with Crippen LogP contribution < -0.4 is 5.32 Å². The summed E-state index contributed by atoms with van der Waals surface area (Å²) in [5, 5.41) is 13.3. The second-order valence-corrected chi connectivity index (χ2v) is 5.49. The minimum atomic E-state index is -0.331. The third-order valence-corrected chi connectivity index (χ3v) is 3.82. The largest absolute Gasteiger partial charge is 0.389 e. The van der Waals surface area contributed by atoms with Gasteiger partial charge in [0.15, 0.2) is 0 Å². The lowest BCUT2D eigenvalue weighted by molar-refractivity contribution is 0.0305. The highest BCUT2D eigenvalue weighted by atomic mass is 16.5. The van der Waals surface area contributed by atoms with Gasteiger partial charge >= 0.3 is 0 Å². The molecular weight excluding hydrogens is 216 g/mol. The number of piperidine rings is 1. The van der Waals surface area contributed by atoms with Gasteiger partial charge in [-0.05, 0) is 44.7 Å². The van der Waals surface area contributed by atoms with Crippen LogP contribution in [0.2, 0.25) is 0 Å². The fourth-order valence-electron chi connectivity index (χ4n) is 2.72. The van der Waals surface area contributed by atoms with E-state index >= 15 is 0 Å². The van der Waals surface area contributed by atoms with Gasteiger partial charge in [-0.2, -0.15) is 0 Å². The van der Waals surface area contributed by atoms with Crippen LogP contribution in [-0.4, -0.2) is 62.0 Å². The number of hydrogen-bond donors (Lipinski definition) is 2. The molecule has 1 saturated carbocycles. The Kier molecular flexibility index (Phi) is 5.22. The molecule has 2 aliphatic rings. The molecule has 2 N–H and O–H groups in total. The summed E-state index contributed by atoms with van der Waals surface area (Å²) < 4.78 is 5.01. The highest BCUT2D eigenvalue weighted by molar-refractivity contribution is 4.87. The summed E-state index contributed by atoms with van der Waals surface area (Å²) in [4.78, 5) is 2.49. The van der Waals surface area contributed by atoms with Crippen molar-refractivity contribution in [3.63, 3.8) is 0 Å². The van der Waals surface area contributed by atoms with Gasteiger partial charge in [0, 0.05) is 26.2 Å². The summed E-state index contributed by atoms with van der Waals surface area (Å²) in [6, 6.07) is 0.733. The van der Waals surface area contributed by atoms with Crippen LogP contribution in [0.15, 0.2) is 0 Å². The minimum absolute atomic E-state index is 0.331. The van der Waals surface area contributed by atoms with E-state index in [-0.39, 0.29) is 6.10 Å². The van der Waals surface area contributed by atoms with Crippen LogP contribution in [0.3, 0.4) is 0 Å². The van der Waals surface area contributed by atoms with Crippen LogP contribution in [0.25, 0.3) is 0 Å². The third kappa shape index (κ3) is 4.54. The van der Waals surface area contributed by atoms with Gasteiger partial charge < -0.3 is 15.2 Å². The predicted molar refractivity (Wildman–Crippen MR) is 68.1 cm³/mol. The zero-order valence-corrected chi connectivity index (χ0v) is 10.9. The fourth-order valence-corrected chi connectivity index (χ4v) is 2.72. The monoisotopic (exact) mass is 242 g/mol. The van der Waals surface area contributed by atoms with E-state index in [4.69, 9.17) is 4.74 Å². The molecule has 0 aromatic rings. The van der Waals surface area contributed by atoms with E-state index in [0.717, 1.165) is 38.1 Å². The molecule has 0 amide bonds. The van der Waals surface area contributed by atoms with Crippen LogP contribution in [0.5, 0.6) is 0 Å². The standard InChI is InChI=1S/C13H26N2O2/c1-17-10-13(16)9-15(12-2-3-12)8-11-4-6-14-7-5-11/h11-14,16H,2-10H2,1H3. The normalized spacial score (nSPS) is 24.2. The van der Waals surface area contributed by atoms with E-state index in [1.807, 2.05) is 0 Å². The van der Waals surface area contributed by atoms with E-state index in [2.05, 4.69) is 10.2 Å². The molecule has 0 spiro atoms. The number of rotatable bonds is 7. The molecule has 4 heteroatoms. The van der Waals surface area contributed by atoms with E-state index < -0.39 is 0 Å². The Morgan fingerprint density at radius 2 is 2.00 bits per heavy atom. The summed E-state index contributed by atoms with van der Waals surface area (Å²) in [5.41, 5.74) is 0. The molecule has 0 aromatic carbocycles. The van der Waals surface area contributed by atoms with Gasteiger partial charge in [-0.1, -0.05) is 0 Å². The van der Waals surface area contributed by atoms with Gasteiger partial charge in [0.05, 0.1) is 12.7 Å². The SMILES string of the molecule is COCC(O)CN(CC1CCNCC1)C1CC1. The molecule has 1 unspecified atom stereocenters. The molecule has 1 aliphatic heterocycles. The van der Waals surface area contributed by atoms with Crippen LogP contribution in [-0.2, 0) is 4.74 Å². The van der Waals surface area contributed by atoms with Gasteiger partial charge in [0.1, 0.15) is 0 Å². The van der Waals surface area contributed by atoms with E-state index in [1.165, 1.54) is 25.7 Å². The zero-order chi connectivity index (χ0) is 12.1. The van der Waals surface area contributed by atoms with Gasteiger partial charge in [0.2, 0.25) is 0 Å². The average Bonchev–Trinajstić information content (AvgIpc) is 3.14. The molecule has 17 heavy (non-hydrogen) atoms. The maximum absolute atomic E-state index is 9.85. The van der Waals surface area contributed by atoms with Crippen molar-refractivity contribution >= 4 is 0 Å². The molecule has 1 heterocycles. The summed E-state index contributed by atoms with van der Waals surface area (Å²) in [6.07, 6.45) is 4.85. The molecule has 0 bridgehead atoms. The first-order valence-corrected chi connectivity index (χ1v) is 6.91. The van der Waals surface area contributed by atoms with Crippen LogP contribution in [0, 0.1) is 5.92 Å². The predicted octanol–water partition coefficient (Wildman–Crippen LogP) is 0.458. The summed E-state index contributed by atoms with van der Waals surface area (Å²) >= 11 is 0. The van der Waals surface area contributed by atoms with Gasteiger partial charge in [-0.15, -0.1) is 0 Å². The molecule has 100 valence electrons. The van der Waals surface area contributed by atoms with Crippen molar-refractivity contribution in [1.82, 2.24) is 10.2 Å². The van der Waals surface area contributed by atoms with E-state index in [9.17, 15) is 5.11 Å². The fraction of sp³-hybridized carbons (Fsp3) is 1.00. The van der Waals surface area contributed by atoms with Crippen molar-refractivity contribution in [3.8, 4) is 0 Å². The first kappa shape index (κ1) is 13.3. The van der Waals surface area contributed by atoms with E-state index in [1.54, 1.807) is 7.11 Å². The smallest absolute Gasteiger partial charge is 0.0900 e. The van der Waals surface area contributed by atoms with Crippen LogP contribution in [0.1, 0.15) is 25.7 Å². The summed E-state index contributed by atoms with van der Waals surface area (Å²) in [6.45, 7) is 4.71. The number of methoxy groups -OCH3 is 1. The molecular formula is C13H26N2O2. The number of hydrogen-bond acceptors (Lipinski definition) is 4. The Morgan fingerprint density at radius 1 is 1.29 bits per heavy atom. The number of nitrogens with one attached hydrogen (secondary N) is 1. The lowest BCUT2D eigenvalue weighted by Crippen LogP contribution is -2.41. The lowest BCUT2D eigenvalue weighted by atomic mass is 9.97. The van der Waals surface area contributed by atoms with Crippen molar-refractivity contribution in [2.24, 2.45) is 5.92 Å². The van der Waals surface area contributed by atoms with Gasteiger partial charge in [-0.25, -0.2) is 0 Å². The maximum atomic E-state index is 9.85. The van der Waals surface area contributed by atoms with E-state index in [0.29, 0.717) is 6.61 Å². The first-order chi connectivity index (χ1) is 8.29. The number of aliphatic hydroxyl groups is 1. The first-order valence-electron chi connectivity index (χ1n) is 6.91. The van der Waals surface area contributed by atoms with Gasteiger partial charge in [-0.3, -0.25) is 4.90 Å². The Bertz CT molecular complexity index is 215. The molecule has 1 aliphatic carbocycles. The molecule has 1 saturated heterocycles. The molecule has 2 fully saturated rings. The number of ether oxygens (including phenoxy) is 1. The van der Waals surface area contributed by atoms with Crippen molar-refractivity contribution in [1.29, 1.82) is 0 Å². The Balaban J connectivity index is 1.75. The lowest BCUT2D eigenvalue weighted by Gasteiger charge is -2.31. The third-order valence-electron chi connectivity index (χ3n) is 3.82. The van der Waals surface area contributed by atoms with Crippen molar-refractivity contribution in [2.45, 2.75) is 37.8 Å². The van der Waals surface area contributed by atoms with Crippen molar-refractivity contribution in [3.05, 3.63) is 0 Å². The summed E-state index contributed by atoms with van der Waals surface area (Å²) in [5.74, 6) is 0.812. The topological polar surface area (TPSA) is 44.7 Å². The van der Waals surface area contributed by atoms with Crippen LogP contribution >= 0.6 is 0 Å². The van der Waals surface area contributed by atoms with Crippen LogP contribution in [0.4, 0.5) is 0 Å². The second kappa shape index (κ2) is 6.69. The highest BCUT2D eigenvalue weighted by Gasteiger charge is 2.31. The summed E-state index contributed by atoms with van der Waals surface area (Å²) in [7, 11) is 1.65. The van der Waals surface area contributed by atoms with Crippen molar-refractivity contribution < 1.29 is 9.84 Å². The maximum Gasteiger partial charge on any atom is 0.0900 e.